The fraction of sp³-hybridized carbons (Fsp3) is 0.368. The van der Waals surface area contributed by atoms with Gasteiger partial charge in [-0.15, -0.1) is 0 Å². The van der Waals surface area contributed by atoms with Crippen LogP contribution in [0.1, 0.15) is 23.6 Å². The van der Waals surface area contributed by atoms with Gasteiger partial charge >= 0.3 is 0 Å². The van der Waals surface area contributed by atoms with Gasteiger partial charge in [0.05, 0.1) is 0 Å². The molecule has 3 rings (SSSR count). The van der Waals surface area contributed by atoms with E-state index in [9.17, 15) is 0 Å². The molecule has 1 atom stereocenters. The molecule has 2 nitrogen and oxygen atoms in total. The smallest absolute Gasteiger partial charge is 0.131 e. The van der Waals surface area contributed by atoms with Gasteiger partial charge in [-0.25, -0.2) is 0 Å². The molecule has 1 aliphatic rings. The number of hydrogen-bond donors (Lipinski definition) is 1. The van der Waals surface area contributed by atoms with Crippen molar-refractivity contribution >= 4 is 11.6 Å². The van der Waals surface area contributed by atoms with Gasteiger partial charge < -0.3 is 10.1 Å². The molecule has 1 heterocycles. The number of hydrogen-bond acceptors (Lipinski definition) is 2. The highest BCUT2D eigenvalue weighted by Gasteiger charge is 2.26. The van der Waals surface area contributed by atoms with E-state index in [-0.39, 0.29) is 6.10 Å². The summed E-state index contributed by atoms with van der Waals surface area (Å²) in [5, 5.41) is 4.14. The second kappa shape index (κ2) is 6.31. The minimum atomic E-state index is 0.192. The van der Waals surface area contributed by atoms with Crippen LogP contribution >= 0.6 is 11.6 Å². The number of rotatable bonds is 4. The van der Waals surface area contributed by atoms with E-state index in [0.29, 0.717) is 0 Å². The van der Waals surface area contributed by atoms with Gasteiger partial charge in [-0.05, 0) is 54.8 Å². The normalized spacial score (nSPS) is 16.5. The Hall–Kier alpha value is -1.51. The van der Waals surface area contributed by atoms with Crippen molar-refractivity contribution in [1.82, 2.24) is 5.32 Å². The lowest BCUT2D eigenvalue weighted by molar-refractivity contribution is 0.229. The Balaban J connectivity index is 2.03. The lowest BCUT2D eigenvalue weighted by Crippen LogP contribution is -2.29. The number of aryl methyl sites for hydroxylation is 1. The average molecular weight is 316 g/mol. The van der Waals surface area contributed by atoms with E-state index in [1.165, 1.54) is 22.3 Å². The van der Waals surface area contributed by atoms with Gasteiger partial charge in [0.2, 0.25) is 0 Å². The van der Waals surface area contributed by atoms with Crippen molar-refractivity contribution in [3.63, 3.8) is 0 Å². The van der Waals surface area contributed by atoms with Gasteiger partial charge in [-0.2, -0.15) is 0 Å². The minimum absolute atomic E-state index is 0.192. The third-order valence-electron chi connectivity index (χ3n) is 4.38. The first kappa shape index (κ1) is 15.4. The summed E-state index contributed by atoms with van der Waals surface area (Å²) in [6.45, 7) is 8.23. The third kappa shape index (κ3) is 2.86. The van der Waals surface area contributed by atoms with Crippen LogP contribution in [-0.2, 0) is 6.42 Å². The SMILES string of the molecule is CCNCC1Cc2cc(Cl)cc(-c3cccc(C)c3C)c2O1. The summed E-state index contributed by atoms with van der Waals surface area (Å²) in [5.74, 6) is 1.00. The van der Waals surface area contributed by atoms with Crippen molar-refractivity contribution < 1.29 is 4.74 Å². The van der Waals surface area contributed by atoms with Gasteiger partial charge in [0.1, 0.15) is 11.9 Å². The molecule has 22 heavy (non-hydrogen) atoms. The predicted molar refractivity (Wildman–Crippen MR) is 93.0 cm³/mol. The van der Waals surface area contributed by atoms with Crippen LogP contribution in [0.3, 0.4) is 0 Å². The van der Waals surface area contributed by atoms with E-state index in [0.717, 1.165) is 35.8 Å². The Morgan fingerprint density at radius 2 is 2.05 bits per heavy atom. The summed E-state index contributed by atoms with van der Waals surface area (Å²) in [4.78, 5) is 0. The molecular weight excluding hydrogens is 294 g/mol. The molecule has 0 aliphatic carbocycles. The molecular formula is C19H22ClNO. The van der Waals surface area contributed by atoms with Crippen molar-refractivity contribution in [3.8, 4) is 16.9 Å². The Morgan fingerprint density at radius 3 is 2.82 bits per heavy atom. The van der Waals surface area contributed by atoms with E-state index < -0.39 is 0 Å². The lowest BCUT2D eigenvalue weighted by atomic mass is 9.94. The van der Waals surface area contributed by atoms with E-state index in [2.05, 4.69) is 44.3 Å². The topological polar surface area (TPSA) is 21.3 Å². The maximum Gasteiger partial charge on any atom is 0.131 e. The molecule has 0 saturated heterocycles. The molecule has 0 fully saturated rings. The predicted octanol–water partition coefficient (Wildman–Crippen LogP) is 4.54. The van der Waals surface area contributed by atoms with E-state index in [4.69, 9.17) is 16.3 Å². The first-order chi connectivity index (χ1) is 10.6. The van der Waals surface area contributed by atoms with Gasteiger partial charge in [0.15, 0.2) is 0 Å². The zero-order chi connectivity index (χ0) is 15.7. The molecule has 1 aliphatic heterocycles. The monoisotopic (exact) mass is 315 g/mol. The van der Waals surface area contributed by atoms with Crippen LogP contribution < -0.4 is 10.1 Å². The highest BCUT2D eigenvalue weighted by Crippen LogP contribution is 2.42. The maximum atomic E-state index is 6.35. The molecule has 2 aromatic carbocycles. The van der Waals surface area contributed by atoms with Crippen molar-refractivity contribution in [2.45, 2.75) is 33.3 Å². The molecule has 0 amide bonds. The number of ether oxygens (including phenoxy) is 1. The van der Waals surface area contributed by atoms with Crippen LogP contribution in [0.5, 0.6) is 5.75 Å². The number of likely N-dealkylation sites (N-methyl/N-ethyl adjacent to an activating group) is 1. The number of fused-ring (bicyclic) bond motifs is 1. The maximum absolute atomic E-state index is 6.35. The summed E-state index contributed by atoms with van der Waals surface area (Å²) in [7, 11) is 0. The van der Waals surface area contributed by atoms with Gasteiger partial charge in [-0.1, -0.05) is 36.7 Å². The lowest BCUT2D eigenvalue weighted by Gasteiger charge is -2.15. The van der Waals surface area contributed by atoms with E-state index in [1.54, 1.807) is 0 Å². The van der Waals surface area contributed by atoms with Crippen LogP contribution in [0.4, 0.5) is 0 Å². The highest BCUT2D eigenvalue weighted by atomic mass is 35.5. The van der Waals surface area contributed by atoms with Gasteiger partial charge in [0, 0.05) is 23.6 Å². The van der Waals surface area contributed by atoms with Crippen molar-refractivity contribution in [2.24, 2.45) is 0 Å². The summed E-state index contributed by atoms with van der Waals surface area (Å²) in [6, 6.07) is 10.4. The number of nitrogens with one attached hydrogen (secondary N) is 1. The molecule has 0 bridgehead atoms. The summed E-state index contributed by atoms with van der Waals surface area (Å²) >= 11 is 6.35. The Labute approximate surface area is 137 Å². The second-order valence-electron chi connectivity index (χ2n) is 5.94. The molecule has 0 radical (unpaired) electrons. The second-order valence-corrected chi connectivity index (χ2v) is 6.38. The number of benzene rings is 2. The first-order valence-electron chi connectivity index (χ1n) is 7.86. The van der Waals surface area contributed by atoms with E-state index >= 15 is 0 Å². The van der Waals surface area contributed by atoms with Crippen LogP contribution in [0.15, 0.2) is 30.3 Å². The van der Waals surface area contributed by atoms with Gasteiger partial charge in [0.25, 0.3) is 0 Å². The summed E-state index contributed by atoms with van der Waals surface area (Å²) in [5.41, 5.74) is 6.11. The zero-order valence-electron chi connectivity index (χ0n) is 13.4. The molecule has 2 aromatic rings. The molecule has 116 valence electrons. The first-order valence-corrected chi connectivity index (χ1v) is 8.24. The number of halogens is 1. The minimum Gasteiger partial charge on any atom is -0.488 e. The van der Waals surface area contributed by atoms with Crippen LogP contribution in [0.2, 0.25) is 5.02 Å². The molecule has 0 saturated carbocycles. The van der Waals surface area contributed by atoms with Crippen LogP contribution in [0, 0.1) is 13.8 Å². The highest BCUT2D eigenvalue weighted by molar-refractivity contribution is 6.31. The molecule has 0 aromatic heterocycles. The quantitative estimate of drug-likeness (QED) is 0.894. The average Bonchev–Trinajstić information content (AvgIpc) is 2.90. The fourth-order valence-electron chi connectivity index (χ4n) is 3.06. The Kier molecular flexibility index (Phi) is 4.42. The van der Waals surface area contributed by atoms with Crippen molar-refractivity contribution in [3.05, 3.63) is 52.0 Å². The molecule has 1 N–H and O–H groups in total. The third-order valence-corrected chi connectivity index (χ3v) is 4.60. The van der Waals surface area contributed by atoms with Gasteiger partial charge in [-0.3, -0.25) is 0 Å². The summed E-state index contributed by atoms with van der Waals surface area (Å²) in [6.07, 6.45) is 1.11. The Morgan fingerprint density at radius 1 is 1.23 bits per heavy atom. The summed E-state index contributed by atoms with van der Waals surface area (Å²) < 4.78 is 6.22. The molecule has 1 unspecified atom stereocenters. The van der Waals surface area contributed by atoms with Crippen LogP contribution in [0.25, 0.3) is 11.1 Å². The van der Waals surface area contributed by atoms with E-state index in [1.807, 2.05) is 12.1 Å². The standard InChI is InChI=1S/C19H22ClNO/c1-4-21-11-16-9-14-8-15(20)10-18(19(14)22-16)17-7-5-6-12(2)13(17)3/h5-8,10,16,21H,4,9,11H2,1-3H3. The fourth-order valence-corrected chi connectivity index (χ4v) is 3.30. The van der Waals surface area contributed by atoms with Crippen LogP contribution in [-0.4, -0.2) is 19.2 Å². The molecule has 3 heteroatoms. The Bertz CT molecular complexity index is 696. The van der Waals surface area contributed by atoms with Crippen molar-refractivity contribution in [2.75, 3.05) is 13.1 Å². The largest absolute Gasteiger partial charge is 0.488 e. The zero-order valence-corrected chi connectivity index (χ0v) is 14.1. The molecule has 0 spiro atoms. The van der Waals surface area contributed by atoms with Crippen molar-refractivity contribution in [1.29, 1.82) is 0 Å².